The molecule has 6 unspecified atom stereocenters. The maximum atomic E-state index is 14.0. The monoisotopic (exact) mass is 976 g/mol. The van der Waals surface area contributed by atoms with Crippen molar-refractivity contribution in [2.24, 2.45) is 29.6 Å². The second kappa shape index (κ2) is 24.5. The molecule has 0 spiro atoms. The van der Waals surface area contributed by atoms with Gasteiger partial charge < -0.3 is 52.1 Å². The first-order valence-electron chi connectivity index (χ1n) is 25.5. The summed E-state index contributed by atoms with van der Waals surface area (Å²) in [6.07, 6.45) is -5.82. The number of hydrogen-bond acceptors (Lipinski definition) is 13. The Morgan fingerprint density at radius 3 is 1.55 bits per heavy atom. The van der Waals surface area contributed by atoms with E-state index in [2.05, 4.69) is 65.5 Å². The number of fused-ring (bicyclic) bond motifs is 3. The molecule has 0 radical (unpaired) electrons. The van der Waals surface area contributed by atoms with Gasteiger partial charge in [-0.25, -0.2) is 9.59 Å². The lowest BCUT2D eigenvalue weighted by Gasteiger charge is -2.49. The summed E-state index contributed by atoms with van der Waals surface area (Å²) in [5.41, 5.74) is 6.37. The van der Waals surface area contributed by atoms with Crippen molar-refractivity contribution in [3.63, 3.8) is 0 Å². The summed E-state index contributed by atoms with van der Waals surface area (Å²) in [7, 11) is 0. The molecule has 3 aliphatic heterocycles. The molecule has 1 aliphatic carbocycles. The number of ether oxygens (including phenoxy) is 11. The molecule has 8 rings (SSSR count). The van der Waals surface area contributed by atoms with Crippen LogP contribution in [0.25, 0.3) is 11.1 Å². The first-order valence-corrected chi connectivity index (χ1v) is 25.5. The van der Waals surface area contributed by atoms with Crippen LogP contribution in [0.4, 0.5) is 9.59 Å². The number of rotatable bonds is 19. The Bertz CT molecular complexity index is 2280. The Morgan fingerprint density at radius 1 is 0.507 bits per heavy atom. The number of hydrogen-bond donors (Lipinski definition) is 0. The number of carbonyl (C=O) groups is 2. The molecule has 71 heavy (non-hydrogen) atoms. The third-order valence-electron chi connectivity index (χ3n) is 15.2. The average molecular weight is 977 g/mol. The molecule has 3 saturated heterocycles. The van der Waals surface area contributed by atoms with E-state index in [1.165, 1.54) is 6.08 Å². The second-order valence-corrected chi connectivity index (χ2v) is 19.5. The summed E-state index contributed by atoms with van der Waals surface area (Å²) >= 11 is 0. The van der Waals surface area contributed by atoms with E-state index in [9.17, 15) is 9.59 Å². The average Bonchev–Trinajstić information content (AvgIpc) is 3.72. The zero-order valence-electron chi connectivity index (χ0n) is 42.2. The zero-order valence-corrected chi connectivity index (χ0v) is 42.2. The molecule has 4 aliphatic rings. The van der Waals surface area contributed by atoms with Crippen LogP contribution in [0, 0.1) is 29.6 Å². The van der Waals surface area contributed by atoms with Crippen molar-refractivity contribution in [3.8, 4) is 11.1 Å². The second-order valence-electron chi connectivity index (χ2n) is 19.5. The smallest absolute Gasteiger partial charge is 0.433 e. The molecule has 0 saturated carbocycles. The SMILES string of the molecule is C=CCOC(=O)OC1[C@@H](OCC2O[C@@H](OCc3ccccc3)C(OCc3ccccc3)[C@@H](O[C@H]3OC(CC)[C@@H](C)[C@H](C)C3OC(=O)OCC3c4ccccc4-c4ccccc43)[C@@H]2C)OC(CC)[C@@H](C)[C@@H]1C. The Kier molecular flexibility index (Phi) is 18.0. The molecule has 4 aromatic carbocycles. The van der Waals surface area contributed by atoms with Crippen LogP contribution in [0.2, 0.25) is 0 Å². The Balaban J connectivity index is 1.07. The molecule has 13 heteroatoms. The van der Waals surface area contributed by atoms with Crippen LogP contribution in [0.5, 0.6) is 0 Å². The maximum Gasteiger partial charge on any atom is 0.509 e. The topological polar surface area (TPSA) is 136 Å². The van der Waals surface area contributed by atoms with Crippen LogP contribution in [-0.4, -0.2) is 93.7 Å². The van der Waals surface area contributed by atoms with E-state index >= 15 is 0 Å². The van der Waals surface area contributed by atoms with Crippen molar-refractivity contribution in [2.75, 3.05) is 19.8 Å². The lowest BCUT2D eigenvalue weighted by atomic mass is 9.82. The van der Waals surface area contributed by atoms with E-state index in [-0.39, 0.29) is 74.8 Å². The molecule has 0 N–H and O–H groups in total. The molecule has 3 heterocycles. The van der Waals surface area contributed by atoms with Crippen molar-refractivity contribution in [3.05, 3.63) is 144 Å². The van der Waals surface area contributed by atoms with Crippen LogP contribution in [0.15, 0.2) is 122 Å². The van der Waals surface area contributed by atoms with Crippen LogP contribution < -0.4 is 0 Å². The van der Waals surface area contributed by atoms with Gasteiger partial charge in [0.25, 0.3) is 0 Å². The summed E-state index contributed by atoms with van der Waals surface area (Å²) in [6, 6.07) is 36.2. The van der Waals surface area contributed by atoms with E-state index in [1.54, 1.807) is 0 Å². The van der Waals surface area contributed by atoms with Gasteiger partial charge in [0.05, 0.1) is 44.2 Å². The van der Waals surface area contributed by atoms with Gasteiger partial charge in [-0.05, 0) is 58.1 Å². The van der Waals surface area contributed by atoms with Crippen molar-refractivity contribution < 1.29 is 61.7 Å². The fourth-order valence-corrected chi connectivity index (χ4v) is 10.6. The van der Waals surface area contributed by atoms with Crippen molar-refractivity contribution >= 4 is 12.3 Å². The minimum Gasteiger partial charge on any atom is -0.433 e. The largest absolute Gasteiger partial charge is 0.509 e. The molecular weight excluding hydrogens is 905 g/mol. The Labute approximate surface area is 419 Å². The highest BCUT2D eigenvalue weighted by Gasteiger charge is 2.52. The molecule has 15 atom stereocenters. The van der Waals surface area contributed by atoms with Crippen molar-refractivity contribution in [1.82, 2.24) is 0 Å². The van der Waals surface area contributed by atoms with E-state index in [0.29, 0.717) is 6.42 Å². The highest BCUT2D eigenvalue weighted by atomic mass is 16.8. The highest BCUT2D eigenvalue weighted by Crippen LogP contribution is 2.45. The summed E-state index contributed by atoms with van der Waals surface area (Å²) < 4.78 is 71.2. The molecular formula is C58H72O13. The lowest BCUT2D eigenvalue weighted by molar-refractivity contribution is -0.357. The van der Waals surface area contributed by atoms with Gasteiger partial charge in [0.15, 0.2) is 31.1 Å². The standard InChI is InChI=1S/C58H72O13/c1-9-30-61-57(59)70-51-37(6)35(4)47(10-2)66-54(51)64-34-49-39(8)50(53(62-31-40-22-14-12-15-23-40)55(68-49)63-32-41-24-16-13-17-25-41)69-56-52(38(7)36(5)48(11-3)67-56)71-58(60)65-33-46-44-28-20-18-26-42(44)43-27-19-21-29-45(43)46/h9,12-29,35-39,46-56H,1,10-11,30-34H2,2-8H3/t35-,36-,37-,38-,39+,47?,48?,49?,50-,51?,52?,53?,54-,55+,56+/m0/s1. The van der Waals surface area contributed by atoms with Gasteiger partial charge in [0.2, 0.25) is 0 Å². The Morgan fingerprint density at radius 2 is 0.986 bits per heavy atom. The predicted octanol–water partition coefficient (Wildman–Crippen LogP) is 11.4. The van der Waals surface area contributed by atoms with E-state index in [1.807, 2.05) is 98.8 Å². The van der Waals surface area contributed by atoms with E-state index in [4.69, 9.17) is 52.1 Å². The van der Waals surface area contributed by atoms with Gasteiger partial charge in [-0.1, -0.05) is 170 Å². The summed E-state index contributed by atoms with van der Waals surface area (Å²) in [5.74, 6) is -0.801. The molecule has 13 nitrogen and oxygen atoms in total. The molecule has 382 valence electrons. The van der Waals surface area contributed by atoms with Crippen LogP contribution in [-0.2, 0) is 65.3 Å². The summed E-state index contributed by atoms with van der Waals surface area (Å²) in [4.78, 5) is 26.9. The minimum absolute atomic E-state index is 0.00510. The fraction of sp³-hybridized carbons (Fsp3) is 0.517. The van der Waals surface area contributed by atoms with Crippen LogP contribution in [0.1, 0.15) is 89.5 Å². The van der Waals surface area contributed by atoms with Gasteiger partial charge in [-0.2, -0.15) is 0 Å². The van der Waals surface area contributed by atoms with Crippen LogP contribution in [0.3, 0.4) is 0 Å². The normalized spacial score (nSPS) is 31.5. The number of carbonyl (C=O) groups excluding carboxylic acids is 2. The van der Waals surface area contributed by atoms with E-state index < -0.39 is 67.6 Å². The quantitative estimate of drug-likeness (QED) is 0.0652. The van der Waals surface area contributed by atoms with Gasteiger partial charge in [-0.15, -0.1) is 0 Å². The molecule has 3 fully saturated rings. The molecule has 0 aromatic heterocycles. The maximum absolute atomic E-state index is 14.0. The van der Waals surface area contributed by atoms with Gasteiger partial charge >= 0.3 is 12.3 Å². The fourth-order valence-electron chi connectivity index (χ4n) is 10.6. The lowest BCUT2D eigenvalue weighted by Crippen LogP contribution is -2.61. The van der Waals surface area contributed by atoms with E-state index in [0.717, 1.165) is 39.8 Å². The summed E-state index contributed by atoms with van der Waals surface area (Å²) in [6.45, 7) is 18.7. The molecule has 0 amide bonds. The predicted molar refractivity (Wildman–Crippen MR) is 266 cm³/mol. The summed E-state index contributed by atoms with van der Waals surface area (Å²) in [5, 5.41) is 0. The Hall–Kier alpha value is -5.12. The van der Waals surface area contributed by atoms with Gasteiger partial charge in [0, 0.05) is 23.7 Å². The van der Waals surface area contributed by atoms with Crippen molar-refractivity contribution in [2.45, 2.75) is 142 Å². The van der Waals surface area contributed by atoms with Crippen molar-refractivity contribution in [1.29, 1.82) is 0 Å². The van der Waals surface area contributed by atoms with Gasteiger partial charge in [0.1, 0.15) is 19.3 Å². The molecule has 4 aromatic rings. The third kappa shape index (κ3) is 12.2. The third-order valence-corrected chi connectivity index (χ3v) is 15.2. The highest BCUT2D eigenvalue weighted by molar-refractivity contribution is 5.79. The van der Waals surface area contributed by atoms with Crippen LogP contribution >= 0.6 is 0 Å². The first kappa shape index (κ1) is 52.2. The minimum atomic E-state index is -1.02. The van der Waals surface area contributed by atoms with Gasteiger partial charge in [-0.3, -0.25) is 0 Å². The number of benzene rings is 4. The first-order chi connectivity index (χ1) is 34.5. The molecule has 0 bridgehead atoms. The zero-order chi connectivity index (χ0) is 50.0.